The Labute approximate surface area is 125 Å². The van der Waals surface area contributed by atoms with Crippen molar-refractivity contribution in [2.75, 3.05) is 4.72 Å². The maximum atomic E-state index is 12.2. The van der Waals surface area contributed by atoms with Gasteiger partial charge in [-0.1, -0.05) is 29.3 Å². The van der Waals surface area contributed by atoms with Crippen LogP contribution in [-0.2, 0) is 10.0 Å². The fourth-order valence-electron chi connectivity index (χ4n) is 1.39. The summed E-state index contributed by atoms with van der Waals surface area (Å²) in [6.45, 7) is 0. The van der Waals surface area contributed by atoms with Crippen molar-refractivity contribution in [1.29, 1.82) is 5.26 Å². The highest BCUT2D eigenvalue weighted by molar-refractivity contribution is 7.92. The summed E-state index contributed by atoms with van der Waals surface area (Å²) in [5, 5.41) is 8.99. The highest BCUT2D eigenvalue weighted by Crippen LogP contribution is 2.31. The number of para-hydroxylation sites is 1. The van der Waals surface area contributed by atoms with Crippen molar-refractivity contribution >= 4 is 38.9 Å². The summed E-state index contributed by atoms with van der Waals surface area (Å²) in [5.74, 6) is 0. The van der Waals surface area contributed by atoms with Gasteiger partial charge in [-0.05, 0) is 24.3 Å². The van der Waals surface area contributed by atoms with Gasteiger partial charge in [0.25, 0.3) is 10.0 Å². The van der Waals surface area contributed by atoms with E-state index in [9.17, 15) is 8.42 Å². The summed E-state index contributed by atoms with van der Waals surface area (Å²) in [7, 11) is -3.87. The first kappa shape index (κ1) is 14.6. The Balaban J connectivity index is 2.38. The largest absolute Gasteiger partial charge is 0.277 e. The topological polar surface area (TPSA) is 82.8 Å². The first-order valence-corrected chi connectivity index (χ1v) is 7.51. The van der Waals surface area contributed by atoms with Gasteiger partial charge >= 0.3 is 0 Å². The van der Waals surface area contributed by atoms with Crippen molar-refractivity contribution in [3.63, 3.8) is 0 Å². The molecule has 0 radical (unpaired) electrons. The van der Waals surface area contributed by atoms with E-state index < -0.39 is 10.0 Å². The molecule has 0 fully saturated rings. The van der Waals surface area contributed by atoms with Crippen molar-refractivity contribution in [2.45, 2.75) is 4.90 Å². The standard InChI is InChI=1S/C12H7Cl2N3O2S/c13-10-2-1-3-11(14)12(10)17-20(18,19)9-5-4-8(6-15)16-7-9/h1-5,7,17H. The normalized spacial score (nSPS) is 10.8. The summed E-state index contributed by atoms with van der Waals surface area (Å²) >= 11 is 11.8. The Hall–Kier alpha value is -1.81. The van der Waals surface area contributed by atoms with Gasteiger partial charge in [-0.2, -0.15) is 5.26 Å². The van der Waals surface area contributed by atoms with E-state index in [4.69, 9.17) is 28.5 Å². The number of anilines is 1. The van der Waals surface area contributed by atoms with Gasteiger partial charge in [0.2, 0.25) is 0 Å². The number of pyridine rings is 1. The highest BCUT2D eigenvalue weighted by atomic mass is 35.5. The van der Waals surface area contributed by atoms with E-state index in [1.165, 1.54) is 24.3 Å². The summed E-state index contributed by atoms with van der Waals surface area (Å²) in [6, 6.07) is 9.02. The highest BCUT2D eigenvalue weighted by Gasteiger charge is 2.18. The minimum absolute atomic E-state index is 0.0903. The van der Waals surface area contributed by atoms with Gasteiger partial charge < -0.3 is 0 Å². The zero-order chi connectivity index (χ0) is 14.8. The molecular weight excluding hydrogens is 321 g/mol. The molecule has 1 aromatic carbocycles. The minimum Gasteiger partial charge on any atom is -0.277 e. The van der Waals surface area contributed by atoms with Crippen LogP contribution in [0, 0.1) is 11.3 Å². The molecule has 102 valence electrons. The Morgan fingerprint density at radius 2 is 1.80 bits per heavy atom. The number of nitrogens with zero attached hydrogens (tertiary/aromatic N) is 2. The van der Waals surface area contributed by atoms with Crippen molar-refractivity contribution < 1.29 is 8.42 Å². The van der Waals surface area contributed by atoms with Crippen LogP contribution in [-0.4, -0.2) is 13.4 Å². The fraction of sp³-hybridized carbons (Fsp3) is 0. The molecule has 1 N–H and O–H groups in total. The van der Waals surface area contributed by atoms with Gasteiger partial charge in [0, 0.05) is 6.20 Å². The lowest BCUT2D eigenvalue weighted by atomic mass is 10.3. The molecule has 0 aliphatic heterocycles. The lowest BCUT2D eigenvalue weighted by molar-refractivity contribution is 0.601. The van der Waals surface area contributed by atoms with Crippen molar-refractivity contribution in [3.8, 4) is 6.07 Å². The second-order valence-corrected chi connectivity index (χ2v) is 6.19. The maximum absolute atomic E-state index is 12.2. The van der Waals surface area contributed by atoms with Crippen molar-refractivity contribution in [3.05, 3.63) is 52.3 Å². The monoisotopic (exact) mass is 327 g/mol. The predicted molar refractivity (Wildman–Crippen MR) is 76.2 cm³/mol. The average Bonchev–Trinajstić information content (AvgIpc) is 2.43. The van der Waals surface area contributed by atoms with Gasteiger partial charge in [0.05, 0.1) is 15.7 Å². The third-order valence-corrected chi connectivity index (χ3v) is 4.33. The number of rotatable bonds is 3. The Bertz CT molecular complexity index is 763. The second kappa shape index (κ2) is 5.67. The zero-order valence-corrected chi connectivity index (χ0v) is 12.2. The number of nitriles is 1. The third-order valence-electron chi connectivity index (χ3n) is 2.36. The lowest BCUT2D eigenvalue weighted by Gasteiger charge is -2.10. The number of benzene rings is 1. The van der Waals surface area contributed by atoms with Gasteiger partial charge in [-0.15, -0.1) is 0 Å². The molecule has 1 aromatic heterocycles. The van der Waals surface area contributed by atoms with Crippen LogP contribution in [0.25, 0.3) is 0 Å². The molecule has 0 spiro atoms. The van der Waals surface area contributed by atoms with E-state index in [0.717, 1.165) is 6.20 Å². The van der Waals surface area contributed by atoms with Crippen LogP contribution in [0.4, 0.5) is 5.69 Å². The third kappa shape index (κ3) is 3.02. The van der Waals surface area contributed by atoms with Crippen LogP contribution in [0.15, 0.2) is 41.4 Å². The van der Waals surface area contributed by atoms with Crippen LogP contribution >= 0.6 is 23.2 Å². The average molecular weight is 328 g/mol. The van der Waals surface area contributed by atoms with Crippen LogP contribution < -0.4 is 4.72 Å². The Kier molecular flexibility index (Phi) is 4.14. The summed E-state index contributed by atoms with van der Waals surface area (Å²) in [6.07, 6.45) is 1.09. The number of hydrogen-bond donors (Lipinski definition) is 1. The fourth-order valence-corrected chi connectivity index (χ4v) is 3.04. The van der Waals surface area contributed by atoms with E-state index in [-0.39, 0.29) is 26.3 Å². The molecule has 0 atom stereocenters. The van der Waals surface area contributed by atoms with Crippen molar-refractivity contribution in [1.82, 2.24) is 4.98 Å². The molecule has 2 rings (SSSR count). The number of hydrogen-bond acceptors (Lipinski definition) is 4. The molecular formula is C12H7Cl2N3O2S. The molecule has 1 heterocycles. The smallest absolute Gasteiger partial charge is 0.263 e. The Morgan fingerprint density at radius 1 is 1.15 bits per heavy atom. The van der Waals surface area contributed by atoms with Crippen LogP contribution in [0.2, 0.25) is 10.0 Å². The van der Waals surface area contributed by atoms with Crippen LogP contribution in [0.1, 0.15) is 5.69 Å². The first-order chi connectivity index (χ1) is 9.44. The van der Waals surface area contributed by atoms with E-state index in [1.54, 1.807) is 12.1 Å². The van der Waals surface area contributed by atoms with E-state index in [2.05, 4.69) is 9.71 Å². The molecule has 5 nitrogen and oxygen atoms in total. The molecule has 0 bridgehead atoms. The van der Waals surface area contributed by atoms with Gasteiger partial charge in [-0.25, -0.2) is 13.4 Å². The lowest BCUT2D eigenvalue weighted by Crippen LogP contribution is -2.14. The molecule has 8 heteroatoms. The Morgan fingerprint density at radius 3 is 2.30 bits per heavy atom. The number of aromatic nitrogens is 1. The maximum Gasteiger partial charge on any atom is 0.263 e. The van der Waals surface area contributed by atoms with Gasteiger partial charge in [0.1, 0.15) is 16.7 Å². The molecule has 0 aliphatic carbocycles. The van der Waals surface area contributed by atoms with E-state index in [0.29, 0.717) is 0 Å². The molecule has 0 unspecified atom stereocenters. The molecule has 0 saturated heterocycles. The summed E-state index contributed by atoms with van der Waals surface area (Å²) in [4.78, 5) is 3.61. The number of sulfonamides is 1. The molecule has 0 aliphatic rings. The molecule has 2 aromatic rings. The van der Waals surface area contributed by atoms with Gasteiger partial charge in [0.15, 0.2) is 0 Å². The van der Waals surface area contributed by atoms with Crippen LogP contribution in [0.3, 0.4) is 0 Å². The SMILES string of the molecule is N#Cc1ccc(S(=O)(=O)Nc2c(Cl)cccc2Cl)cn1. The molecule has 0 amide bonds. The molecule has 0 saturated carbocycles. The summed E-state index contributed by atoms with van der Waals surface area (Å²) < 4.78 is 26.6. The zero-order valence-electron chi connectivity index (χ0n) is 9.84. The number of halogens is 2. The quantitative estimate of drug-likeness (QED) is 0.939. The molecule has 20 heavy (non-hydrogen) atoms. The second-order valence-electron chi connectivity index (χ2n) is 3.69. The van der Waals surface area contributed by atoms with E-state index >= 15 is 0 Å². The predicted octanol–water partition coefficient (Wildman–Crippen LogP) is 3.06. The summed E-state index contributed by atoms with van der Waals surface area (Å²) in [5.41, 5.74) is 0.222. The van der Waals surface area contributed by atoms with Crippen LogP contribution in [0.5, 0.6) is 0 Å². The minimum atomic E-state index is -3.87. The first-order valence-electron chi connectivity index (χ1n) is 5.27. The van der Waals surface area contributed by atoms with Crippen molar-refractivity contribution in [2.24, 2.45) is 0 Å². The van der Waals surface area contributed by atoms with E-state index in [1.807, 2.05) is 0 Å². The van der Waals surface area contributed by atoms with Gasteiger partial charge in [-0.3, -0.25) is 4.72 Å². The number of nitrogens with one attached hydrogen (secondary N) is 1.